The Kier molecular flexibility index (Phi) is 4.87. The van der Waals surface area contributed by atoms with Gasteiger partial charge in [0.05, 0.1) is 28.3 Å². The summed E-state index contributed by atoms with van der Waals surface area (Å²) in [5.41, 5.74) is 9.19. The molecule has 0 fully saturated rings. The molecule has 4 heteroatoms. The molecule has 0 amide bonds. The van der Waals surface area contributed by atoms with Crippen molar-refractivity contribution in [3.05, 3.63) is 146 Å². The topological polar surface area (TPSA) is 35.1 Å². The molecule has 0 N–H and O–H groups in total. The van der Waals surface area contributed by atoms with Crippen LogP contribution < -0.4 is 0 Å². The fraction of sp³-hybridized carbons (Fsp3) is 0. The van der Waals surface area contributed by atoms with Crippen molar-refractivity contribution < 1.29 is 0 Å². The van der Waals surface area contributed by atoms with E-state index in [1.165, 1.54) is 38.1 Å². The summed E-state index contributed by atoms with van der Waals surface area (Å²) in [6.07, 6.45) is 3.86. The molecule has 0 saturated heterocycles. The second kappa shape index (κ2) is 8.88. The zero-order valence-corrected chi connectivity index (χ0v) is 22.6. The average Bonchev–Trinajstić information content (AvgIpc) is 3.66. The molecule has 5 aromatic carbocycles. The van der Waals surface area contributed by atoms with Crippen LogP contribution in [0.3, 0.4) is 0 Å². The smallest absolute Gasteiger partial charge is 0.137 e. The molecule has 0 saturated carbocycles. The van der Waals surface area contributed by atoms with E-state index in [1.807, 2.05) is 24.5 Å². The summed E-state index contributed by atoms with van der Waals surface area (Å²) in [4.78, 5) is 4.66. The Labute approximate surface area is 241 Å². The predicted molar refractivity (Wildman–Crippen MR) is 173 cm³/mol. The van der Waals surface area contributed by atoms with Crippen molar-refractivity contribution in [1.29, 1.82) is 0 Å². The quantitative estimate of drug-likeness (QED) is 0.211. The molecule has 0 atom stereocenters. The van der Waals surface area contributed by atoms with Crippen LogP contribution in [-0.2, 0) is 0 Å². The lowest BCUT2D eigenvalue weighted by atomic mass is 9.97. The second-order valence-electron chi connectivity index (χ2n) is 10.7. The third kappa shape index (κ3) is 3.29. The van der Waals surface area contributed by atoms with Gasteiger partial charge in [0.15, 0.2) is 0 Å². The first-order chi connectivity index (χ1) is 20.8. The molecule has 0 aliphatic heterocycles. The Morgan fingerprint density at radius 1 is 0.452 bits per heavy atom. The van der Waals surface area contributed by atoms with E-state index in [4.69, 9.17) is 5.10 Å². The number of fused-ring (bicyclic) bond motifs is 9. The molecule has 0 radical (unpaired) electrons. The molecule has 0 aliphatic carbocycles. The Morgan fingerprint density at radius 3 is 1.95 bits per heavy atom. The summed E-state index contributed by atoms with van der Waals surface area (Å²) >= 11 is 0. The number of aromatic nitrogens is 4. The summed E-state index contributed by atoms with van der Waals surface area (Å²) < 4.78 is 4.34. The van der Waals surface area contributed by atoms with Crippen molar-refractivity contribution in [3.8, 4) is 28.1 Å². The molecule has 4 heterocycles. The van der Waals surface area contributed by atoms with Gasteiger partial charge in [-0.1, -0.05) is 91.0 Å². The molecule has 196 valence electrons. The Morgan fingerprint density at radius 2 is 1.12 bits per heavy atom. The van der Waals surface area contributed by atoms with Gasteiger partial charge in [-0.05, 0) is 64.5 Å². The van der Waals surface area contributed by atoms with Crippen molar-refractivity contribution in [2.24, 2.45) is 0 Å². The normalized spacial score (nSPS) is 11.8. The van der Waals surface area contributed by atoms with Crippen LogP contribution in [0.5, 0.6) is 0 Å². The van der Waals surface area contributed by atoms with Gasteiger partial charge in [0, 0.05) is 33.3 Å². The standard InChI is InChI=1S/C38H24N4/c1-2-15-31-28(12-1)29-13-4-6-17-36(29)42-38(31)33(24-40-42)27-11-9-10-25(22-27)26-19-20-35-32(23-26)30-14-3-5-16-34(30)41(35)37-18-7-8-21-39-37/h1-24H. The van der Waals surface area contributed by atoms with Crippen LogP contribution >= 0.6 is 0 Å². The third-order valence-corrected chi connectivity index (χ3v) is 8.43. The van der Waals surface area contributed by atoms with E-state index in [-0.39, 0.29) is 0 Å². The van der Waals surface area contributed by atoms with Crippen molar-refractivity contribution in [3.63, 3.8) is 0 Å². The van der Waals surface area contributed by atoms with Gasteiger partial charge in [-0.3, -0.25) is 4.57 Å². The van der Waals surface area contributed by atoms with Crippen LogP contribution in [0.1, 0.15) is 0 Å². The highest BCUT2D eigenvalue weighted by atomic mass is 15.2. The van der Waals surface area contributed by atoms with Crippen molar-refractivity contribution in [2.75, 3.05) is 0 Å². The molecule has 4 nitrogen and oxygen atoms in total. The van der Waals surface area contributed by atoms with Crippen LogP contribution in [0.15, 0.2) is 146 Å². The number of nitrogens with zero attached hydrogens (tertiary/aromatic N) is 4. The number of rotatable bonds is 3. The minimum Gasteiger partial charge on any atom is -0.294 e. The van der Waals surface area contributed by atoms with Gasteiger partial charge < -0.3 is 0 Å². The van der Waals surface area contributed by atoms with Gasteiger partial charge >= 0.3 is 0 Å². The summed E-state index contributed by atoms with van der Waals surface area (Å²) in [5.74, 6) is 0.922. The monoisotopic (exact) mass is 536 g/mol. The van der Waals surface area contributed by atoms with Crippen molar-refractivity contribution in [1.82, 2.24) is 19.2 Å². The first-order valence-electron chi connectivity index (χ1n) is 14.2. The molecule has 0 bridgehead atoms. The summed E-state index contributed by atoms with van der Waals surface area (Å²) in [6, 6.07) is 47.4. The molecular weight excluding hydrogens is 512 g/mol. The minimum atomic E-state index is 0.922. The van der Waals surface area contributed by atoms with Crippen molar-refractivity contribution in [2.45, 2.75) is 0 Å². The van der Waals surface area contributed by atoms with Gasteiger partial charge in [-0.15, -0.1) is 0 Å². The number of benzene rings is 5. The highest BCUT2D eigenvalue weighted by Crippen LogP contribution is 2.38. The van der Waals surface area contributed by atoms with Crippen LogP contribution in [0, 0.1) is 0 Å². The third-order valence-electron chi connectivity index (χ3n) is 8.43. The van der Waals surface area contributed by atoms with E-state index >= 15 is 0 Å². The van der Waals surface area contributed by atoms with E-state index in [0.29, 0.717) is 0 Å². The molecule has 0 spiro atoms. The van der Waals surface area contributed by atoms with E-state index in [0.717, 1.165) is 39.0 Å². The van der Waals surface area contributed by atoms with E-state index < -0.39 is 0 Å². The highest BCUT2D eigenvalue weighted by Gasteiger charge is 2.16. The lowest BCUT2D eigenvalue weighted by Crippen LogP contribution is -1.96. The van der Waals surface area contributed by atoms with Gasteiger partial charge in [-0.25, -0.2) is 9.50 Å². The average molecular weight is 537 g/mol. The number of hydrogen-bond acceptors (Lipinski definition) is 2. The van der Waals surface area contributed by atoms with E-state index in [1.54, 1.807) is 0 Å². The van der Waals surface area contributed by atoms with Gasteiger partial charge in [0.1, 0.15) is 5.82 Å². The molecule has 0 aliphatic rings. The number of hydrogen-bond donors (Lipinski definition) is 0. The maximum atomic E-state index is 4.89. The number of pyridine rings is 2. The van der Waals surface area contributed by atoms with Gasteiger partial charge in [-0.2, -0.15) is 5.10 Å². The molecule has 42 heavy (non-hydrogen) atoms. The fourth-order valence-corrected chi connectivity index (χ4v) is 6.56. The second-order valence-corrected chi connectivity index (χ2v) is 10.7. The fourth-order valence-electron chi connectivity index (χ4n) is 6.56. The Hall–Kier alpha value is -5.74. The molecular formula is C38H24N4. The molecule has 9 rings (SSSR count). The Balaban J connectivity index is 1.25. The summed E-state index contributed by atoms with van der Waals surface area (Å²) in [5, 5.41) is 11.0. The summed E-state index contributed by atoms with van der Waals surface area (Å²) in [7, 11) is 0. The van der Waals surface area contributed by atoms with Crippen LogP contribution in [-0.4, -0.2) is 19.2 Å². The Bertz CT molecular complexity index is 2470. The first kappa shape index (κ1) is 23.0. The predicted octanol–water partition coefficient (Wildman–Crippen LogP) is 9.47. The van der Waals surface area contributed by atoms with Gasteiger partial charge in [0.25, 0.3) is 0 Å². The lowest BCUT2D eigenvalue weighted by Gasteiger charge is -2.10. The largest absolute Gasteiger partial charge is 0.294 e. The zero-order valence-electron chi connectivity index (χ0n) is 22.6. The molecule has 4 aromatic heterocycles. The SMILES string of the molecule is c1ccc(-n2c3ccccc3c3cc(-c4cccc(-c5cnn6c7ccccc7c7ccccc7c56)c4)ccc32)nc1. The van der Waals surface area contributed by atoms with E-state index in [2.05, 4.69) is 135 Å². The zero-order chi connectivity index (χ0) is 27.6. The molecule has 9 aromatic rings. The van der Waals surface area contributed by atoms with E-state index in [9.17, 15) is 0 Å². The minimum absolute atomic E-state index is 0.922. The maximum Gasteiger partial charge on any atom is 0.137 e. The number of para-hydroxylation sites is 2. The van der Waals surface area contributed by atoms with Crippen molar-refractivity contribution >= 4 is 49.0 Å². The lowest BCUT2D eigenvalue weighted by molar-refractivity contribution is 1.01. The van der Waals surface area contributed by atoms with Gasteiger partial charge in [0.2, 0.25) is 0 Å². The first-order valence-corrected chi connectivity index (χ1v) is 14.2. The highest BCUT2D eigenvalue weighted by molar-refractivity contribution is 6.15. The van der Waals surface area contributed by atoms with Crippen LogP contribution in [0.2, 0.25) is 0 Å². The van der Waals surface area contributed by atoms with Crippen LogP contribution in [0.4, 0.5) is 0 Å². The van der Waals surface area contributed by atoms with Crippen LogP contribution in [0.25, 0.3) is 77.1 Å². The molecule has 0 unspecified atom stereocenters. The maximum absolute atomic E-state index is 4.89. The summed E-state index contributed by atoms with van der Waals surface area (Å²) in [6.45, 7) is 0.